The van der Waals surface area contributed by atoms with E-state index in [9.17, 15) is 0 Å². The van der Waals surface area contributed by atoms with E-state index in [0.29, 0.717) is 0 Å². The van der Waals surface area contributed by atoms with Crippen LogP contribution in [0.15, 0.2) is 29.3 Å². The predicted octanol–water partition coefficient (Wildman–Crippen LogP) is 2.33. The number of hydrogen-bond acceptors (Lipinski definition) is 2. The van der Waals surface area contributed by atoms with Crippen LogP contribution in [-0.2, 0) is 0 Å². The fraction of sp³-hybridized carbons (Fsp3) is 0.500. The Morgan fingerprint density at radius 2 is 2.06 bits per heavy atom. The van der Waals surface area contributed by atoms with Gasteiger partial charge in [-0.3, -0.25) is 4.99 Å². The maximum Gasteiger partial charge on any atom is 0.191 e. The molecule has 0 saturated heterocycles. The highest BCUT2D eigenvalue weighted by Gasteiger charge is 2.11. The highest BCUT2D eigenvalue weighted by Crippen LogP contribution is 2.23. The van der Waals surface area contributed by atoms with Gasteiger partial charge in [0.05, 0.1) is 13.2 Å². The van der Waals surface area contributed by atoms with Gasteiger partial charge in [0.2, 0.25) is 0 Å². The van der Waals surface area contributed by atoms with E-state index in [1.54, 1.807) is 7.11 Å². The average molecular weight is 249 g/mol. The molecule has 18 heavy (non-hydrogen) atoms. The molecule has 0 spiro atoms. The summed E-state index contributed by atoms with van der Waals surface area (Å²) in [5.41, 5.74) is 1.13. The van der Waals surface area contributed by atoms with Crippen molar-refractivity contribution < 1.29 is 4.74 Å². The zero-order valence-corrected chi connectivity index (χ0v) is 11.7. The van der Waals surface area contributed by atoms with Gasteiger partial charge in [-0.2, -0.15) is 0 Å². The molecule has 0 aromatic heterocycles. The smallest absolute Gasteiger partial charge is 0.191 e. The minimum atomic E-state index is 0.144. The topological polar surface area (TPSA) is 45.7 Å². The molecule has 0 saturated carbocycles. The van der Waals surface area contributed by atoms with Crippen LogP contribution in [0.1, 0.15) is 32.4 Å². The Hall–Kier alpha value is -1.71. The lowest BCUT2D eigenvalue weighted by Crippen LogP contribution is -2.38. The Labute approximate surface area is 109 Å². The Morgan fingerprint density at radius 1 is 1.33 bits per heavy atom. The first kappa shape index (κ1) is 14.4. The molecule has 4 nitrogen and oxygen atoms in total. The van der Waals surface area contributed by atoms with Crippen molar-refractivity contribution in [2.24, 2.45) is 4.99 Å². The summed E-state index contributed by atoms with van der Waals surface area (Å²) >= 11 is 0. The van der Waals surface area contributed by atoms with Crippen LogP contribution in [0.5, 0.6) is 5.75 Å². The molecule has 1 atom stereocenters. The average Bonchev–Trinajstić information content (AvgIpc) is 2.39. The molecular formula is C14H23N3O. The van der Waals surface area contributed by atoms with Crippen LogP contribution >= 0.6 is 0 Å². The standard InChI is InChI=1S/C14H23N3O/c1-5-15-14(16-6-2)17-11(3)12-9-7-8-10-13(12)18-4/h7-11H,5-6H2,1-4H3,(H2,15,16,17)/t11-/m0/s1. The van der Waals surface area contributed by atoms with Gasteiger partial charge in [-0.05, 0) is 26.8 Å². The molecule has 4 heteroatoms. The molecule has 0 radical (unpaired) electrons. The zero-order valence-electron chi connectivity index (χ0n) is 11.7. The first-order valence-electron chi connectivity index (χ1n) is 6.40. The number of rotatable bonds is 5. The lowest BCUT2D eigenvalue weighted by Gasteiger charge is -2.19. The Kier molecular flexibility index (Phi) is 6.05. The van der Waals surface area contributed by atoms with E-state index < -0.39 is 0 Å². The van der Waals surface area contributed by atoms with E-state index in [4.69, 9.17) is 4.74 Å². The maximum atomic E-state index is 5.37. The van der Waals surface area contributed by atoms with Crippen molar-refractivity contribution in [3.63, 3.8) is 0 Å². The lowest BCUT2D eigenvalue weighted by atomic mass is 10.1. The molecule has 1 aromatic rings. The van der Waals surface area contributed by atoms with Gasteiger partial charge >= 0.3 is 0 Å². The number of nitrogens with zero attached hydrogens (tertiary/aromatic N) is 1. The van der Waals surface area contributed by atoms with Crippen molar-refractivity contribution in [1.82, 2.24) is 10.6 Å². The number of guanidine groups is 1. The molecule has 0 fully saturated rings. The number of aliphatic imine (C=N–C) groups is 1. The largest absolute Gasteiger partial charge is 0.496 e. The van der Waals surface area contributed by atoms with E-state index >= 15 is 0 Å². The summed E-state index contributed by atoms with van der Waals surface area (Å²) in [6.45, 7) is 7.78. The lowest BCUT2D eigenvalue weighted by molar-refractivity contribution is 0.405. The van der Waals surface area contributed by atoms with Crippen LogP contribution in [0.25, 0.3) is 0 Å². The Morgan fingerprint density at radius 3 is 2.67 bits per heavy atom. The minimum Gasteiger partial charge on any atom is -0.496 e. The number of nitrogens with one attached hydrogen (secondary N) is 2. The van der Waals surface area contributed by atoms with Crippen molar-refractivity contribution in [2.45, 2.75) is 26.8 Å². The van der Waals surface area contributed by atoms with E-state index in [0.717, 1.165) is 30.4 Å². The zero-order chi connectivity index (χ0) is 13.4. The van der Waals surface area contributed by atoms with E-state index in [1.165, 1.54) is 0 Å². The third-order valence-corrected chi connectivity index (χ3v) is 2.62. The molecule has 2 N–H and O–H groups in total. The predicted molar refractivity (Wildman–Crippen MR) is 76.2 cm³/mol. The molecule has 0 heterocycles. The second-order valence-corrected chi connectivity index (χ2v) is 3.96. The van der Waals surface area contributed by atoms with Crippen LogP contribution in [0.3, 0.4) is 0 Å². The molecule has 0 aliphatic heterocycles. The van der Waals surface area contributed by atoms with Gasteiger partial charge in [0, 0.05) is 18.7 Å². The van der Waals surface area contributed by atoms with Crippen LogP contribution < -0.4 is 15.4 Å². The second-order valence-electron chi connectivity index (χ2n) is 3.96. The monoisotopic (exact) mass is 249 g/mol. The fourth-order valence-electron chi connectivity index (χ4n) is 1.79. The van der Waals surface area contributed by atoms with Crippen molar-refractivity contribution in [2.75, 3.05) is 20.2 Å². The molecule has 0 unspecified atom stereocenters. The molecular weight excluding hydrogens is 226 g/mol. The molecule has 0 aliphatic rings. The number of benzene rings is 1. The van der Waals surface area contributed by atoms with Gasteiger partial charge in [0.1, 0.15) is 5.75 Å². The molecule has 0 bridgehead atoms. The molecule has 1 aromatic carbocycles. The van der Waals surface area contributed by atoms with Crippen LogP contribution in [0, 0.1) is 0 Å². The van der Waals surface area contributed by atoms with Gasteiger partial charge in [-0.1, -0.05) is 18.2 Å². The molecule has 0 aliphatic carbocycles. The summed E-state index contributed by atoms with van der Waals surface area (Å²) in [5, 5.41) is 6.59. The number of hydrogen-bond donors (Lipinski definition) is 2. The number of para-hydroxylation sites is 1. The van der Waals surface area contributed by atoms with Crippen molar-refractivity contribution in [1.29, 1.82) is 0 Å². The summed E-state index contributed by atoms with van der Waals surface area (Å²) in [6.07, 6.45) is 0. The number of ether oxygens (including phenoxy) is 1. The molecule has 0 amide bonds. The van der Waals surface area contributed by atoms with Gasteiger partial charge in [0.25, 0.3) is 0 Å². The first-order valence-corrected chi connectivity index (χ1v) is 6.40. The molecule has 1 rings (SSSR count). The first-order chi connectivity index (χ1) is 8.72. The Bertz CT molecular complexity index is 390. The third-order valence-electron chi connectivity index (χ3n) is 2.62. The van der Waals surface area contributed by atoms with Gasteiger partial charge in [-0.25, -0.2) is 0 Å². The maximum absolute atomic E-state index is 5.37. The Balaban J connectivity index is 2.80. The summed E-state index contributed by atoms with van der Waals surface area (Å²) in [7, 11) is 1.69. The highest BCUT2D eigenvalue weighted by molar-refractivity contribution is 5.80. The highest BCUT2D eigenvalue weighted by atomic mass is 16.5. The van der Waals surface area contributed by atoms with Gasteiger partial charge in [0.15, 0.2) is 5.96 Å². The van der Waals surface area contributed by atoms with Crippen molar-refractivity contribution in [3.05, 3.63) is 29.8 Å². The van der Waals surface area contributed by atoms with E-state index in [-0.39, 0.29) is 6.04 Å². The van der Waals surface area contributed by atoms with Gasteiger partial charge in [-0.15, -0.1) is 0 Å². The van der Waals surface area contributed by atoms with Crippen molar-refractivity contribution in [3.8, 4) is 5.75 Å². The summed E-state index contributed by atoms with van der Waals surface area (Å²) in [5.74, 6) is 1.73. The van der Waals surface area contributed by atoms with Gasteiger partial charge < -0.3 is 15.4 Å². The van der Waals surface area contributed by atoms with E-state index in [2.05, 4.69) is 35.5 Å². The van der Waals surface area contributed by atoms with Crippen LogP contribution in [0.4, 0.5) is 0 Å². The quantitative estimate of drug-likeness (QED) is 0.622. The van der Waals surface area contributed by atoms with Crippen molar-refractivity contribution >= 4 is 5.96 Å². The molecule has 100 valence electrons. The second kappa shape index (κ2) is 7.58. The summed E-state index contributed by atoms with van der Waals surface area (Å²) < 4.78 is 5.37. The van der Waals surface area contributed by atoms with E-state index in [1.807, 2.05) is 25.1 Å². The van der Waals surface area contributed by atoms with Crippen LogP contribution in [-0.4, -0.2) is 26.2 Å². The fourth-order valence-corrected chi connectivity index (χ4v) is 1.79. The van der Waals surface area contributed by atoms with Crippen LogP contribution in [0.2, 0.25) is 0 Å². The normalized spacial score (nSPS) is 13.0. The third kappa shape index (κ3) is 3.95. The minimum absolute atomic E-state index is 0.144. The summed E-state index contributed by atoms with van der Waals surface area (Å²) in [6, 6.07) is 8.16. The number of methoxy groups -OCH3 is 1. The summed E-state index contributed by atoms with van der Waals surface area (Å²) in [4.78, 5) is 4.39. The SMILES string of the molecule is CCN=C(NCC)N[C@@H](C)c1ccccc1OC.